The van der Waals surface area contributed by atoms with Crippen molar-refractivity contribution in [3.63, 3.8) is 0 Å². The van der Waals surface area contributed by atoms with E-state index in [2.05, 4.69) is 20.5 Å². The number of nitrogens with one attached hydrogen (secondary N) is 1. The molecule has 0 aliphatic rings. The van der Waals surface area contributed by atoms with E-state index in [4.69, 9.17) is 0 Å². The number of anilines is 1. The van der Waals surface area contributed by atoms with Crippen LogP contribution in [0.2, 0.25) is 0 Å². The van der Waals surface area contributed by atoms with Crippen molar-refractivity contribution in [3.05, 3.63) is 60.3 Å². The van der Waals surface area contributed by atoms with Crippen LogP contribution in [0.3, 0.4) is 0 Å². The third kappa shape index (κ3) is 2.91. The molecule has 0 saturated carbocycles. The second-order valence-corrected chi connectivity index (χ2v) is 6.68. The van der Waals surface area contributed by atoms with Crippen molar-refractivity contribution in [2.45, 2.75) is 13.8 Å². The van der Waals surface area contributed by atoms with Crippen LogP contribution in [-0.2, 0) is 4.79 Å². The van der Waals surface area contributed by atoms with Crippen LogP contribution in [0.5, 0.6) is 0 Å². The van der Waals surface area contributed by atoms with Gasteiger partial charge in [-0.3, -0.25) is 9.36 Å². The molecule has 3 heterocycles. The number of imidazole rings is 1. The number of carbonyl (C=O) groups excluding carboxylic acids is 1. The summed E-state index contributed by atoms with van der Waals surface area (Å²) >= 11 is 1.60. The zero-order valence-electron chi connectivity index (χ0n) is 14.2. The maximum atomic E-state index is 11.8. The molecule has 0 atom stereocenters. The van der Waals surface area contributed by atoms with Gasteiger partial charge in [-0.15, -0.1) is 21.5 Å². The summed E-state index contributed by atoms with van der Waals surface area (Å²) in [6.07, 6.45) is 5.28. The quantitative estimate of drug-likeness (QED) is 0.602. The number of rotatable bonds is 4. The van der Waals surface area contributed by atoms with Gasteiger partial charge < -0.3 is 9.88 Å². The standard InChI is InChI=1S/C18H16N6OS/c1-12-21-22-18(17-4-3-9-26-17)24(12)16-6-5-14(23-8-7-19-11-23)10-15(16)20-13(2)25/h3-11H,1-2H3,(H,20,25). The SMILES string of the molecule is CC(=O)Nc1cc(-n2ccnc2)ccc1-n1c(C)nnc1-c1cccs1. The minimum absolute atomic E-state index is 0.141. The highest BCUT2D eigenvalue weighted by molar-refractivity contribution is 7.13. The Bertz CT molecular complexity index is 1050. The van der Waals surface area contributed by atoms with Crippen LogP contribution in [0, 0.1) is 6.92 Å². The first kappa shape index (κ1) is 16.2. The Kier molecular flexibility index (Phi) is 4.10. The smallest absolute Gasteiger partial charge is 0.221 e. The van der Waals surface area contributed by atoms with E-state index in [9.17, 15) is 4.79 Å². The predicted molar refractivity (Wildman–Crippen MR) is 101 cm³/mol. The van der Waals surface area contributed by atoms with Gasteiger partial charge in [0.1, 0.15) is 5.82 Å². The molecular weight excluding hydrogens is 348 g/mol. The van der Waals surface area contributed by atoms with Crippen molar-refractivity contribution in [3.8, 4) is 22.1 Å². The molecule has 1 amide bonds. The van der Waals surface area contributed by atoms with Gasteiger partial charge in [-0.25, -0.2) is 4.98 Å². The van der Waals surface area contributed by atoms with Crippen LogP contribution in [0.1, 0.15) is 12.7 Å². The van der Waals surface area contributed by atoms with Gasteiger partial charge in [-0.05, 0) is 36.6 Å². The van der Waals surface area contributed by atoms with E-state index in [0.29, 0.717) is 5.69 Å². The van der Waals surface area contributed by atoms with E-state index in [1.54, 1.807) is 23.9 Å². The van der Waals surface area contributed by atoms with Crippen molar-refractivity contribution in [2.75, 3.05) is 5.32 Å². The summed E-state index contributed by atoms with van der Waals surface area (Å²) in [4.78, 5) is 16.8. The number of nitrogens with zero attached hydrogens (tertiary/aromatic N) is 5. The lowest BCUT2D eigenvalue weighted by Crippen LogP contribution is -2.11. The van der Waals surface area contributed by atoms with Crippen LogP contribution >= 0.6 is 11.3 Å². The van der Waals surface area contributed by atoms with E-state index >= 15 is 0 Å². The highest BCUT2D eigenvalue weighted by Crippen LogP contribution is 2.31. The van der Waals surface area contributed by atoms with E-state index in [0.717, 1.165) is 27.9 Å². The van der Waals surface area contributed by atoms with Crippen LogP contribution in [-0.4, -0.2) is 30.2 Å². The highest BCUT2D eigenvalue weighted by Gasteiger charge is 2.17. The number of aryl methyl sites for hydroxylation is 1. The van der Waals surface area contributed by atoms with Crippen LogP contribution in [0.25, 0.3) is 22.1 Å². The van der Waals surface area contributed by atoms with Crippen LogP contribution < -0.4 is 5.32 Å². The Balaban J connectivity index is 1.89. The second kappa shape index (κ2) is 6.57. The average molecular weight is 364 g/mol. The van der Waals surface area contributed by atoms with Gasteiger partial charge in [0.25, 0.3) is 0 Å². The fourth-order valence-electron chi connectivity index (χ4n) is 2.80. The van der Waals surface area contributed by atoms with Crippen LogP contribution in [0.4, 0.5) is 5.69 Å². The largest absolute Gasteiger partial charge is 0.324 e. The molecule has 0 aliphatic heterocycles. The fraction of sp³-hybridized carbons (Fsp3) is 0.111. The van der Waals surface area contributed by atoms with Gasteiger partial charge in [0, 0.05) is 25.0 Å². The molecule has 4 aromatic rings. The Hall–Kier alpha value is -3.26. The number of amides is 1. The van der Waals surface area contributed by atoms with E-state index in [1.165, 1.54) is 6.92 Å². The number of aromatic nitrogens is 5. The van der Waals surface area contributed by atoms with Gasteiger partial charge in [-0.1, -0.05) is 6.07 Å². The van der Waals surface area contributed by atoms with Crippen molar-refractivity contribution >= 4 is 22.9 Å². The fourth-order valence-corrected chi connectivity index (χ4v) is 3.50. The monoisotopic (exact) mass is 364 g/mol. The van der Waals surface area contributed by atoms with Crippen molar-refractivity contribution in [2.24, 2.45) is 0 Å². The minimum Gasteiger partial charge on any atom is -0.324 e. The molecule has 7 nitrogen and oxygen atoms in total. The van der Waals surface area contributed by atoms with Crippen molar-refractivity contribution in [1.82, 2.24) is 24.3 Å². The molecule has 0 radical (unpaired) electrons. The summed E-state index contributed by atoms with van der Waals surface area (Å²) < 4.78 is 3.84. The van der Waals surface area contributed by atoms with E-state index in [-0.39, 0.29) is 5.91 Å². The molecule has 1 aromatic carbocycles. The first-order valence-corrected chi connectivity index (χ1v) is 8.87. The Morgan fingerprint density at radius 3 is 2.81 bits per heavy atom. The lowest BCUT2D eigenvalue weighted by atomic mass is 10.2. The first-order valence-electron chi connectivity index (χ1n) is 8.00. The lowest BCUT2D eigenvalue weighted by Gasteiger charge is -2.15. The molecule has 4 rings (SSSR count). The topological polar surface area (TPSA) is 77.6 Å². The van der Waals surface area contributed by atoms with E-state index < -0.39 is 0 Å². The number of benzene rings is 1. The molecule has 0 spiro atoms. The zero-order chi connectivity index (χ0) is 18.1. The maximum Gasteiger partial charge on any atom is 0.221 e. The third-order valence-corrected chi connectivity index (χ3v) is 4.77. The Morgan fingerprint density at radius 1 is 1.23 bits per heavy atom. The number of hydrogen-bond donors (Lipinski definition) is 1. The summed E-state index contributed by atoms with van der Waals surface area (Å²) in [5.74, 6) is 1.35. The lowest BCUT2D eigenvalue weighted by molar-refractivity contribution is -0.114. The van der Waals surface area contributed by atoms with Crippen molar-refractivity contribution < 1.29 is 4.79 Å². The summed E-state index contributed by atoms with van der Waals surface area (Å²) in [7, 11) is 0. The number of thiophene rings is 1. The first-order chi connectivity index (χ1) is 12.6. The van der Waals surface area contributed by atoms with Gasteiger partial charge >= 0.3 is 0 Å². The number of hydrogen-bond acceptors (Lipinski definition) is 5. The molecule has 0 bridgehead atoms. The van der Waals surface area contributed by atoms with E-state index in [1.807, 2.05) is 58.0 Å². The molecule has 130 valence electrons. The van der Waals surface area contributed by atoms with Gasteiger partial charge in [0.2, 0.25) is 5.91 Å². The molecule has 3 aromatic heterocycles. The summed E-state index contributed by atoms with van der Waals surface area (Å²) in [5.41, 5.74) is 2.40. The van der Waals surface area contributed by atoms with Gasteiger partial charge in [0.05, 0.1) is 22.6 Å². The average Bonchev–Trinajstić information content (AvgIpc) is 3.36. The van der Waals surface area contributed by atoms with Gasteiger partial charge in [-0.2, -0.15) is 0 Å². The highest BCUT2D eigenvalue weighted by atomic mass is 32.1. The summed E-state index contributed by atoms with van der Waals surface area (Å²) in [6, 6.07) is 9.82. The summed E-state index contributed by atoms with van der Waals surface area (Å²) in [5, 5.41) is 13.5. The van der Waals surface area contributed by atoms with Crippen LogP contribution in [0.15, 0.2) is 54.4 Å². The molecule has 0 fully saturated rings. The molecule has 0 saturated heterocycles. The Morgan fingerprint density at radius 2 is 2.12 bits per heavy atom. The maximum absolute atomic E-state index is 11.8. The second-order valence-electron chi connectivity index (χ2n) is 5.74. The molecule has 1 N–H and O–H groups in total. The van der Waals surface area contributed by atoms with Crippen molar-refractivity contribution in [1.29, 1.82) is 0 Å². The number of carbonyl (C=O) groups is 1. The predicted octanol–water partition coefficient (Wildman–Crippen LogP) is 3.45. The minimum atomic E-state index is -0.141. The van der Waals surface area contributed by atoms with Gasteiger partial charge in [0.15, 0.2) is 5.82 Å². The third-order valence-electron chi connectivity index (χ3n) is 3.90. The molecule has 8 heteroatoms. The molecule has 0 unspecified atom stereocenters. The molecular formula is C18H16N6OS. The molecule has 0 aliphatic carbocycles. The zero-order valence-corrected chi connectivity index (χ0v) is 15.1. The Labute approximate surface area is 154 Å². The molecule has 26 heavy (non-hydrogen) atoms. The normalized spacial score (nSPS) is 10.8. The summed E-state index contributed by atoms with van der Waals surface area (Å²) in [6.45, 7) is 3.39.